The molecule has 4 nitrogen and oxygen atoms in total. The third-order valence-electron chi connectivity index (χ3n) is 3.15. The molecule has 1 aromatic rings. The van der Waals surface area contributed by atoms with E-state index < -0.39 is 6.03 Å². The number of carbonyl (C=O) groups is 1. The number of anilines is 1. The average Bonchev–Trinajstić information content (AvgIpc) is 2.35. The monoisotopic (exact) mass is 249 g/mol. The van der Waals surface area contributed by atoms with Gasteiger partial charge in [0.15, 0.2) is 0 Å². The lowest BCUT2D eigenvalue weighted by Crippen LogP contribution is -2.30. The molecule has 4 N–H and O–H groups in total. The molecule has 1 rings (SSSR count). The number of benzene rings is 1. The van der Waals surface area contributed by atoms with Crippen molar-refractivity contribution in [3.05, 3.63) is 29.8 Å². The Morgan fingerprint density at radius 1 is 1.22 bits per heavy atom. The van der Waals surface area contributed by atoms with Gasteiger partial charge in [0.2, 0.25) is 0 Å². The van der Waals surface area contributed by atoms with Gasteiger partial charge in [-0.1, -0.05) is 26.0 Å². The highest BCUT2D eigenvalue weighted by atomic mass is 16.2. The Balaban J connectivity index is 2.63. The van der Waals surface area contributed by atoms with Gasteiger partial charge in [0.05, 0.1) is 0 Å². The summed E-state index contributed by atoms with van der Waals surface area (Å²) in [4.78, 5) is 10.7. The number of rotatable bonds is 6. The van der Waals surface area contributed by atoms with E-state index in [1.807, 2.05) is 24.3 Å². The average molecular weight is 249 g/mol. The maximum atomic E-state index is 10.7. The normalized spacial score (nSPS) is 12.4. The molecule has 100 valence electrons. The first-order chi connectivity index (χ1) is 8.56. The lowest BCUT2D eigenvalue weighted by molar-refractivity contribution is 0.259. The molecular weight excluding hydrogens is 226 g/mol. The number of amides is 2. The highest BCUT2D eigenvalue weighted by molar-refractivity contribution is 5.87. The van der Waals surface area contributed by atoms with Crippen molar-refractivity contribution in [2.75, 3.05) is 5.32 Å². The summed E-state index contributed by atoms with van der Waals surface area (Å²) in [5, 5.41) is 6.13. The van der Waals surface area contributed by atoms with Crippen LogP contribution >= 0.6 is 0 Å². The van der Waals surface area contributed by atoms with Crippen LogP contribution in [0.5, 0.6) is 0 Å². The van der Waals surface area contributed by atoms with Crippen LogP contribution in [0, 0.1) is 0 Å². The van der Waals surface area contributed by atoms with Gasteiger partial charge >= 0.3 is 6.03 Å². The van der Waals surface area contributed by atoms with Crippen molar-refractivity contribution < 1.29 is 4.79 Å². The molecule has 4 heteroatoms. The van der Waals surface area contributed by atoms with Gasteiger partial charge in [0.1, 0.15) is 0 Å². The number of primary amides is 1. The highest BCUT2D eigenvalue weighted by Gasteiger charge is 2.10. The van der Waals surface area contributed by atoms with Gasteiger partial charge in [-0.25, -0.2) is 4.79 Å². The summed E-state index contributed by atoms with van der Waals surface area (Å²) < 4.78 is 0. The molecule has 0 saturated heterocycles. The summed E-state index contributed by atoms with van der Waals surface area (Å²) in [6.07, 6.45) is 2.25. The highest BCUT2D eigenvalue weighted by Crippen LogP contribution is 2.17. The molecule has 0 aromatic heterocycles. The SMILES string of the molecule is CCC(CC)NC(C)c1ccc(NC(N)=O)cc1. The second-order valence-corrected chi connectivity index (χ2v) is 4.51. The van der Waals surface area contributed by atoms with Gasteiger partial charge < -0.3 is 16.4 Å². The Morgan fingerprint density at radius 3 is 2.22 bits per heavy atom. The molecule has 0 aliphatic rings. The summed E-state index contributed by atoms with van der Waals surface area (Å²) in [6, 6.07) is 8.05. The first kappa shape index (κ1) is 14.5. The summed E-state index contributed by atoms with van der Waals surface area (Å²) >= 11 is 0. The lowest BCUT2D eigenvalue weighted by Gasteiger charge is -2.21. The molecule has 18 heavy (non-hydrogen) atoms. The fourth-order valence-corrected chi connectivity index (χ4v) is 1.97. The van der Waals surface area contributed by atoms with E-state index in [-0.39, 0.29) is 0 Å². The summed E-state index contributed by atoms with van der Waals surface area (Å²) in [6.45, 7) is 6.52. The van der Waals surface area contributed by atoms with Gasteiger partial charge in [-0.3, -0.25) is 0 Å². The predicted octanol–water partition coefficient (Wildman–Crippen LogP) is 3.02. The van der Waals surface area contributed by atoms with E-state index in [1.54, 1.807) is 0 Å². The fourth-order valence-electron chi connectivity index (χ4n) is 1.97. The van der Waals surface area contributed by atoms with E-state index in [4.69, 9.17) is 5.73 Å². The van der Waals surface area contributed by atoms with Gasteiger partial charge in [-0.15, -0.1) is 0 Å². The van der Waals surface area contributed by atoms with Crippen molar-refractivity contribution in [2.24, 2.45) is 5.73 Å². The number of nitrogens with one attached hydrogen (secondary N) is 2. The van der Waals surface area contributed by atoms with Crippen LogP contribution < -0.4 is 16.4 Å². The van der Waals surface area contributed by atoms with Crippen LogP contribution in [-0.4, -0.2) is 12.1 Å². The smallest absolute Gasteiger partial charge is 0.316 e. The van der Waals surface area contributed by atoms with E-state index >= 15 is 0 Å². The molecule has 0 bridgehead atoms. The van der Waals surface area contributed by atoms with Crippen molar-refractivity contribution in [1.29, 1.82) is 0 Å². The van der Waals surface area contributed by atoms with Crippen LogP contribution in [0.3, 0.4) is 0 Å². The molecule has 0 saturated carbocycles. The molecule has 0 heterocycles. The van der Waals surface area contributed by atoms with E-state index in [0.717, 1.165) is 18.5 Å². The maximum Gasteiger partial charge on any atom is 0.316 e. The van der Waals surface area contributed by atoms with Crippen LogP contribution in [-0.2, 0) is 0 Å². The van der Waals surface area contributed by atoms with Crippen LogP contribution in [0.2, 0.25) is 0 Å². The molecule has 1 atom stereocenters. The van der Waals surface area contributed by atoms with Gasteiger partial charge in [0.25, 0.3) is 0 Å². The minimum absolute atomic E-state index is 0.303. The fraction of sp³-hybridized carbons (Fsp3) is 0.500. The topological polar surface area (TPSA) is 67.2 Å². The molecule has 0 aliphatic carbocycles. The zero-order valence-electron chi connectivity index (χ0n) is 11.4. The first-order valence-electron chi connectivity index (χ1n) is 6.49. The Bertz CT molecular complexity index is 371. The number of hydrogen-bond donors (Lipinski definition) is 3. The van der Waals surface area contributed by atoms with Crippen molar-refractivity contribution >= 4 is 11.7 Å². The number of nitrogens with two attached hydrogens (primary N) is 1. The third-order valence-corrected chi connectivity index (χ3v) is 3.15. The standard InChI is InChI=1S/C14H23N3O/c1-4-12(5-2)16-10(3)11-6-8-13(9-7-11)17-14(15)18/h6-10,12,16H,4-5H2,1-3H3,(H3,15,17,18). The molecule has 2 amide bonds. The van der Waals surface area contributed by atoms with Gasteiger partial charge in [-0.05, 0) is 37.5 Å². The van der Waals surface area contributed by atoms with E-state index in [0.29, 0.717) is 12.1 Å². The first-order valence-corrected chi connectivity index (χ1v) is 6.49. The number of hydrogen-bond acceptors (Lipinski definition) is 2. The zero-order valence-corrected chi connectivity index (χ0v) is 11.4. The van der Waals surface area contributed by atoms with Crippen molar-refractivity contribution in [2.45, 2.75) is 45.7 Å². The number of carbonyl (C=O) groups excluding carboxylic acids is 1. The van der Waals surface area contributed by atoms with Crippen LogP contribution in [0.25, 0.3) is 0 Å². The molecule has 1 unspecified atom stereocenters. The van der Waals surface area contributed by atoms with Crippen LogP contribution in [0.1, 0.15) is 45.2 Å². The third kappa shape index (κ3) is 4.37. The minimum atomic E-state index is -0.536. The Hall–Kier alpha value is -1.55. The van der Waals surface area contributed by atoms with Crippen molar-refractivity contribution in [3.8, 4) is 0 Å². The van der Waals surface area contributed by atoms with Gasteiger partial charge in [-0.2, -0.15) is 0 Å². The van der Waals surface area contributed by atoms with Crippen molar-refractivity contribution in [3.63, 3.8) is 0 Å². The quantitative estimate of drug-likeness (QED) is 0.725. The zero-order chi connectivity index (χ0) is 13.5. The van der Waals surface area contributed by atoms with Crippen LogP contribution in [0.4, 0.5) is 10.5 Å². The maximum absolute atomic E-state index is 10.7. The molecule has 0 radical (unpaired) electrons. The van der Waals surface area contributed by atoms with Crippen molar-refractivity contribution in [1.82, 2.24) is 5.32 Å². The minimum Gasteiger partial charge on any atom is -0.351 e. The van der Waals surface area contributed by atoms with E-state index in [1.165, 1.54) is 5.56 Å². The second-order valence-electron chi connectivity index (χ2n) is 4.51. The second kappa shape index (κ2) is 7.01. The number of urea groups is 1. The Labute approximate surface area is 109 Å². The summed E-state index contributed by atoms with van der Waals surface area (Å²) in [5.41, 5.74) is 6.99. The Morgan fingerprint density at radius 2 is 1.78 bits per heavy atom. The molecule has 1 aromatic carbocycles. The molecular formula is C14H23N3O. The Kier molecular flexibility index (Phi) is 5.65. The lowest BCUT2D eigenvalue weighted by atomic mass is 10.1. The van der Waals surface area contributed by atoms with Crippen LogP contribution in [0.15, 0.2) is 24.3 Å². The summed E-state index contributed by atoms with van der Waals surface area (Å²) in [7, 11) is 0. The molecule has 0 aliphatic heterocycles. The van der Waals surface area contributed by atoms with E-state index in [9.17, 15) is 4.79 Å². The predicted molar refractivity (Wildman–Crippen MR) is 75.6 cm³/mol. The van der Waals surface area contributed by atoms with E-state index in [2.05, 4.69) is 31.4 Å². The molecule has 0 fully saturated rings. The summed E-state index contributed by atoms with van der Waals surface area (Å²) in [5.74, 6) is 0. The molecule has 0 spiro atoms. The largest absolute Gasteiger partial charge is 0.351 e. The van der Waals surface area contributed by atoms with Gasteiger partial charge in [0, 0.05) is 17.8 Å².